The van der Waals surface area contributed by atoms with Crippen molar-refractivity contribution in [1.82, 2.24) is 9.78 Å². The zero-order chi connectivity index (χ0) is 14.7. The van der Waals surface area contributed by atoms with E-state index >= 15 is 0 Å². The van der Waals surface area contributed by atoms with Gasteiger partial charge < -0.3 is 10.1 Å². The molecule has 5 heteroatoms. The van der Waals surface area contributed by atoms with E-state index in [4.69, 9.17) is 9.84 Å². The molecule has 2 heterocycles. The van der Waals surface area contributed by atoms with Gasteiger partial charge in [0.15, 0.2) is 0 Å². The van der Waals surface area contributed by atoms with E-state index in [2.05, 4.69) is 17.6 Å². The van der Waals surface area contributed by atoms with E-state index in [0.29, 0.717) is 0 Å². The van der Waals surface area contributed by atoms with Crippen LogP contribution < -0.4 is 10.1 Å². The first-order valence-electron chi connectivity index (χ1n) is 7.32. The van der Waals surface area contributed by atoms with Crippen molar-refractivity contribution in [2.24, 2.45) is 0 Å². The number of rotatable bonds is 4. The molecule has 0 radical (unpaired) electrons. The Morgan fingerprint density at radius 3 is 3.00 bits per heavy atom. The van der Waals surface area contributed by atoms with Gasteiger partial charge in [0.05, 0.1) is 12.8 Å². The summed E-state index contributed by atoms with van der Waals surface area (Å²) in [6.07, 6.45) is 5.66. The van der Waals surface area contributed by atoms with E-state index in [0.717, 1.165) is 36.0 Å². The fourth-order valence-electron chi connectivity index (χ4n) is 2.81. The number of aromatic nitrogens is 2. The summed E-state index contributed by atoms with van der Waals surface area (Å²) >= 11 is 1.82. The SMILES string of the molecule is COc1ccccc1-n1nc(CSC)c2c1NCCCC2. The molecule has 112 valence electrons. The molecule has 2 aromatic rings. The van der Waals surface area contributed by atoms with Crippen LogP contribution in [-0.4, -0.2) is 29.7 Å². The Bertz CT molecular complexity index is 624. The monoisotopic (exact) mass is 303 g/mol. The van der Waals surface area contributed by atoms with Gasteiger partial charge in [-0.15, -0.1) is 0 Å². The largest absolute Gasteiger partial charge is 0.494 e. The van der Waals surface area contributed by atoms with Gasteiger partial charge >= 0.3 is 0 Å². The van der Waals surface area contributed by atoms with E-state index in [1.54, 1.807) is 7.11 Å². The third-order valence-electron chi connectivity index (χ3n) is 3.81. The average molecular weight is 303 g/mol. The van der Waals surface area contributed by atoms with Crippen molar-refractivity contribution in [2.45, 2.75) is 25.0 Å². The lowest BCUT2D eigenvalue weighted by molar-refractivity contribution is 0.412. The molecule has 1 aromatic carbocycles. The molecule has 1 N–H and O–H groups in total. The summed E-state index contributed by atoms with van der Waals surface area (Å²) in [6.45, 7) is 1.01. The van der Waals surface area contributed by atoms with Crippen LogP contribution >= 0.6 is 11.8 Å². The molecule has 0 fully saturated rings. The number of thioether (sulfide) groups is 1. The third-order valence-corrected chi connectivity index (χ3v) is 4.37. The minimum Gasteiger partial charge on any atom is -0.494 e. The minimum atomic E-state index is 0.851. The summed E-state index contributed by atoms with van der Waals surface area (Å²) < 4.78 is 7.52. The molecular weight excluding hydrogens is 282 g/mol. The zero-order valence-corrected chi connectivity index (χ0v) is 13.4. The zero-order valence-electron chi connectivity index (χ0n) is 12.6. The highest BCUT2D eigenvalue weighted by Crippen LogP contribution is 2.32. The van der Waals surface area contributed by atoms with Crippen LogP contribution in [0.25, 0.3) is 5.69 Å². The molecule has 0 unspecified atom stereocenters. The van der Waals surface area contributed by atoms with Crippen LogP contribution in [0.4, 0.5) is 5.82 Å². The van der Waals surface area contributed by atoms with Gasteiger partial charge in [0.2, 0.25) is 0 Å². The number of anilines is 1. The fraction of sp³-hybridized carbons (Fsp3) is 0.438. The van der Waals surface area contributed by atoms with Gasteiger partial charge in [-0.3, -0.25) is 0 Å². The number of methoxy groups -OCH3 is 1. The number of benzene rings is 1. The van der Waals surface area contributed by atoms with Crippen LogP contribution in [0.1, 0.15) is 24.1 Å². The fourth-order valence-corrected chi connectivity index (χ4v) is 3.31. The minimum absolute atomic E-state index is 0.851. The van der Waals surface area contributed by atoms with Gasteiger partial charge in [-0.25, -0.2) is 4.68 Å². The number of hydrogen-bond donors (Lipinski definition) is 1. The van der Waals surface area contributed by atoms with E-state index in [-0.39, 0.29) is 0 Å². The molecule has 0 saturated carbocycles. The summed E-state index contributed by atoms with van der Waals surface area (Å²) in [5.41, 5.74) is 3.56. The molecule has 4 nitrogen and oxygen atoms in total. The molecule has 0 aliphatic carbocycles. The average Bonchev–Trinajstić information content (AvgIpc) is 2.71. The van der Waals surface area contributed by atoms with Gasteiger partial charge in [-0.1, -0.05) is 12.1 Å². The standard InChI is InChI=1S/C16H21N3OS/c1-20-15-9-4-3-8-14(15)19-16-12(7-5-6-10-17-16)13(18-19)11-21-2/h3-4,8-9,17H,5-7,10-11H2,1-2H3. The third kappa shape index (κ3) is 2.75. The second-order valence-electron chi connectivity index (χ2n) is 5.17. The van der Waals surface area contributed by atoms with Gasteiger partial charge in [0, 0.05) is 17.9 Å². The van der Waals surface area contributed by atoms with Crippen molar-refractivity contribution < 1.29 is 4.74 Å². The maximum atomic E-state index is 5.50. The van der Waals surface area contributed by atoms with Crippen molar-refractivity contribution in [3.05, 3.63) is 35.5 Å². The first-order chi connectivity index (χ1) is 10.3. The molecule has 1 aliphatic rings. The van der Waals surface area contributed by atoms with Gasteiger partial charge in [-0.2, -0.15) is 16.9 Å². The topological polar surface area (TPSA) is 39.1 Å². The summed E-state index contributed by atoms with van der Waals surface area (Å²) in [4.78, 5) is 0. The van der Waals surface area contributed by atoms with Gasteiger partial charge in [-0.05, 0) is 37.7 Å². The lowest BCUT2D eigenvalue weighted by Crippen LogP contribution is -2.08. The Labute approximate surface area is 129 Å². The lowest BCUT2D eigenvalue weighted by Gasteiger charge is -2.12. The molecule has 0 saturated heterocycles. The van der Waals surface area contributed by atoms with E-state index in [1.807, 2.05) is 34.6 Å². The van der Waals surface area contributed by atoms with Crippen molar-refractivity contribution in [3.63, 3.8) is 0 Å². The summed E-state index contributed by atoms with van der Waals surface area (Å²) in [7, 11) is 1.71. The summed E-state index contributed by atoms with van der Waals surface area (Å²) in [6, 6.07) is 8.05. The second kappa shape index (κ2) is 6.43. The maximum absolute atomic E-state index is 5.50. The first-order valence-corrected chi connectivity index (χ1v) is 8.71. The van der Waals surface area contributed by atoms with Crippen LogP contribution in [0.15, 0.2) is 24.3 Å². The maximum Gasteiger partial charge on any atom is 0.144 e. The number of fused-ring (bicyclic) bond motifs is 1. The first kappa shape index (κ1) is 14.3. The van der Waals surface area contributed by atoms with Crippen LogP contribution in [0.2, 0.25) is 0 Å². The number of nitrogens with one attached hydrogen (secondary N) is 1. The Balaban J connectivity index is 2.13. The van der Waals surface area contributed by atoms with Crippen molar-refractivity contribution in [1.29, 1.82) is 0 Å². The number of nitrogens with zero attached hydrogens (tertiary/aromatic N) is 2. The Kier molecular flexibility index (Phi) is 4.39. The normalized spacial score (nSPS) is 14.2. The highest BCUT2D eigenvalue weighted by atomic mass is 32.2. The highest BCUT2D eigenvalue weighted by Gasteiger charge is 2.21. The predicted octanol–water partition coefficient (Wildman–Crippen LogP) is 3.49. The number of hydrogen-bond acceptors (Lipinski definition) is 4. The molecule has 0 spiro atoms. The van der Waals surface area contributed by atoms with Crippen molar-refractivity contribution >= 4 is 17.6 Å². The van der Waals surface area contributed by atoms with Gasteiger partial charge in [0.25, 0.3) is 0 Å². The van der Waals surface area contributed by atoms with E-state index < -0.39 is 0 Å². The van der Waals surface area contributed by atoms with Crippen LogP contribution in [0.5, 0.6) is 5.75 Å². The molecule has 0 bridgehead atoms. The van der Waals surface area contributed by atoms with E-state index in [9.17, 15) is 0 Å². The second-order valence-corrected chi connectivity index (χ2v) is 6.04. The Hall–Kier alpha value is -1.62. The molecule has 0 atom stereocenters. The quantitative estimate of drug-likeness (QED) is 0.938. The smallest absolute Gasteiger partial charge is 0.144 e. The number of ether oxygens (including phenoxy) is 1. The van der Waals surface area contributed by atoms with Crippen LogP contribution in [0.3, 0.4) is 0 Å². The molecule has 3 rings (SSSR count). The predicted molar refractivity (Wildman–Crippen MR) is 88.8 cm³/mol. The summed E-state index contributed by atoms with van der Waals surface area (Å²) in [5, 5.41) is 8.41. The Morgan fingerprint density at radius 2 is 2.19 bits per heavy atom. The molecule has 1 aliphatic heterocycles. The highest BCUT2D eigenvalue weighted by molar-refractivity contribution is 7.97. The van der Waals surface area contributed by atoms with Crippen LogP contribution in [-0.2, 0) is 12.2 Å². The van der Waals surface area contributed by atoms with Gasteiger partial charge in [0.1, 0.15) is 17.3 Å². The van der Waals surface area contributed by atoms with Crippen molar-refractivity contribution in [2.75, 3.05) is 25.2 Å². The molecular formula is C16H21N3OS. The summed E-state index contributed by atoms with van der Waals surface area (Å²) in [5.74, 6) is 2.94. The Morgan fingerprint density at radius 1 is 1.33 bits per heavy atom. The molecule has 1 aromatic heterocycles. The van der Waals surface area contributed by atoms with E-state index in [1.165, 1.54) is 24.1 Å². The molecule has 21 heavy (non-hydrogen) atoms. The van der Waals surface area contributed by atoms with Crippen LogP contribution in [0, 0.1) is 0 Å². The van der Waals surface area contributed by atoms with Crippen molar-refractivity contribution in [3.8, 4) is 11.4 Å². The number of para-hydroxylation sites is 2. The lowest BCUT2D eigenvalue weighted by atomic mass is 10.1. The molecule has 0 amide bonds.